The van der Waals surface area contributed by atoms with Crippen molar-refractivity contribution in [2.24, 2.45) is 11.7 Å². The molecule has 1 aromatic rings. The highest BCUT2D eigenvalue weighted by molar-refractivity contribution is 7.98. The summed E-state index contributed by atoms with van der Waals surface area (Å²) in [5.74, 6) is 2.11. The van der Waals surface area contributed by atoms with E-state index in [-0.39, 0.29) is 5.91 Å². The van der Waals surface area contributed by atoms with Gasteiger partial charge in [-0.25, -0.2) is 4.79 Å². The minimum Gasteiger partial charge on any atom is -0.352 e. The third kappa shape index (κ3) is 4.38. The minimum atomic E-state index is -0.703. The molecular formula is C13H21N5O2S. The van der Waals surface area contributed by atoms with Gasteiger partial charge in [-0.1, -0.05) is 6.92 Å². The topological polar surface area (TPSA) is 113 Å². The molecule has 0 radical (unpaired) electrons. The van der Waals surface area contributed by atoms with Gasteiger partial charge in [0.2, 0.25) is 5.91 Å². The van der Waals surface area contributed by atoms with E-state index >= 15 is 0 Å². The minimum absolute atomic E-state index is 0.301. The molecule has 8 heteroatoms. The maximum absolute atomic E-state index is 12.2. The number of primary amides is 1. The first kappa shape index (κ1) is 15.7. The van der Waals surface area contributed by atoms with E-state index in [1.54, 1.807) is 11.8 Å². The zero-order valence-corrected chi connectivity index (χ0v) is 13.0. The van der Waals surface area contributed by atoms with E-state index in [1.807, 2.05) is 12.3 Å². The van der Waals surface area contributed by atoms with Gasteiger partial charge in [0.15, 0.2) is 5.82 Å². The Morgan fingerprint density at radius 3 is 2.90 bits per heavy atom. The number of nitrogens with one attached hydrogen (secondary N) is 3. The number of H-pyrrole nitrogens is 1. The summed E-state index contributed by atoms with van der Waals surface area (Å²) in [6, 6.07) is 0.503. The summed E-state index contributed by atoms with van der Waals surface area (Å²) >= 11 is 1.60. The maximum Gasteiger partial charge on any atom is 0.312 e. The van der Waals surface area contributed by atoms with Crippen molar-refractivity contribution in [3.63, 3.8) is 0 Å². The lowest BCUT2D eigenvalue weighted by Crippen LogP contribution is -2.46. The van der Waals surface area contributed by atoms with Crippen LogP contribution in [0.3, 0.4) is 0 Å². The van der Waals surface area contributed by atoms with Gasteiger partial charge in [0.1, 0.15) is 6.04 Å². The molecule has 1 fully saturated rings. The number of amides is 3. The maximum atomic E-state index is 12.2. The van der Waals surface area contributed by atoms with Gasteiger partial charge in [0.05, 0.1) is 0 Å². The number of carbonyl (C=O) groups excluding carboxylic acids is 2. The molecule has 21 heavy (non-hydrogen) atoms. The smallest absolute Gasteiger partial charge is 0.312 e. The third-order valence-electron chi connectivity index (χ3n) is 3.60. The van der Waals surface area contributed by atoms with E-state index < -0.39 is 12.1 Å². The number of anilines is 1. The second kappa shape index (κ2) is 6.84. The SMILES string of the molecule is CSCC[C@H](NC(N)=O)C(=O)Nc1cc([C@H]2C[C@@H]2C)[nH]n1. The molecule has 1 aliphatic rings. The number of thioether (sulfide) groups is 1. The predicted octanol–water partition coefficient (Wildman–Crippen LogP) is 1.26. The number of hydrogen-bond donors (Lipinski definition) is 4. The quantitative estimate of drug-likeness (QED) is 0.607. The second-order valence-electron chi connectivity index (χ2n) is 5.36. The van der Waals surface area contributed by atoms with Crippen LogP contribution in [0.2, 0.25) is 0 Å². The average Bonchev–Trinajstić information content (AvgIpc) is 2.97. The number of rotatable bonds is 7. The average molecular weight is 311 g/mol. The summed E-state index contributed by atoms with van der Waals surface area (Å²) in [4.78, 5) is 23.1. The lowest BCUT2D eigenvalue weighted by molar-refractivity contribution is -0.118. The number of aromatic nitrogens is 2. The van der Waals surface area contributed by atoms with Gasteiger partial charge in [-0.15, -0.1) is 0 Å². The van der Waals surface area contributed by atoms with Crippen LogP contribution in [0.25, 0.3) is 0 Å². The van der Waals surface area contributed by atoms with Gasteiger partial charge in [0.25, 0.3) is 0 Å². The molecule has 0 unspecified atom stereocenters. The molecule has 1 heterocycles. The van der Waals surface area contributed by atoms with Crippen LogP contribution in [-0.2, 0) is 4.79 Å². The Kier molecular flexibility index (Phi) is 5.11. The van der Waals surface area contributed by atoms with E-state index in [2.05, 4.69) is 27.8 Å². The van der Waals surface area contributed by atoms with Crippen molar-refractivity contribution in [3.8, 4) is 0 Å². The molecule has 5 N–H and O–H groups in total. The van der Waals surface area contributed by atoms with E-state index in [9.17, 15) is 9.59 Å². The molecule has 7 nitrogen and oxygen atoms in total. The normalized spacial score (nSPS) is 21.6. The lowest BCUT2D eigenvalue weighted by Gasteiger charge is -2.15. The van der Waals surface area contributed by atoms with Crippen LogP contribution in [0.15, 0.2) is 6.07 Å². The van der Waals surface area contributed by atoms with E-state index in [0.29, 0.717) is 24.1 Å². The Labute approximate surface area is 127 Å². The fourth-order valence-electron chi connectivity index (χ4n) is 2.24. The van der Waals surface area contributed by atoms with Gasteiger partial charge < -0.3 is 16.4 Å². The second-order valence-corrected chi connectivity index (χ2v) is 6.35. The van der Waals surface area contributed by atoms with Crippen LogP contribution in [-0.4, -0.2) is 40.2 Å². The van der Waals surface area contributed by atoms with Crippen LogP contribution in [0.4, 0.5) is 10.6 Å². The van der Waals surface area contributed by atoms with Crippen molar-refractivity contribution in [3.05, 3.63) is 11.8 Å². The number of carbonyl (C=O) groups is 2. The Balaban J connectivity index is 1.93. The predicted molar refractivity (Wildman–Crippen MR) is 83.2 cm³/mol. The molecule has 3 amide bonds. The fourth-order valence-corrected chi connectivity index (χ4v) is 2.71. The summed E-state index contributed by atoms with van der Waals surface area (Å²) in [7, 11) is 0. The number of hydrogen-bond acceptors (Lipinski definition) is 4. The van der Waals surface area contributed by atoms with Gasteiger partial charge in [-0.2, -0.15) is 16.9 Å². The van der Waals surface area contributed by atoms with E-state index in [4.69, 9.17) is 5.73 Å². The standard InChI is InChI=1S/C13H21N5O2S/c1-7-5-8(7)10-6-11(18-17-10)16-12(19)9(3-4-21-2)15-13(14)20/h6-9H,3-5H2,1-2H3,(H3,14,15,20)(H2,16,17,18,19)/t7-,8-,9-/m0/s1. The molecule has 0 saturated heterocycles. The molecule has 0 aliphatic heterocycles. The van der Waals surface area contributed by atoms with Crippen LogP contribution in [0.1, 0.15) is 31.4 Å². The zero-order valence-electron chi connectivity index (χ0n) is 12.2. The highest BCUT2D eigenvalue weighted by Gasteiger charge is 2.35. The first-order chi connectivity index (χ1) is 10.0. The first-order valence-electron chi connectivity index (χ1n) is 6.92. The summed E-state index contributed by atoms with van der Waals surface area (Å²) in [5.41, 5.74) is 6.15. The van der Waals surface area contributed by atoms with Crippen LogP contribution in [0.5, 0.6) is 0 Å². The van der Waals surface area contributed by atoms with Crippen molar-refractivity contribution in [1.29, 1.82) is 0 Å². The summed E-state index contributed by atoms with van der Waals surface area (Å²) in [5, 5.41) is 12.2. The molecular weight excluding hydrogens is 290 g/mol. The van der Waals surface area contributed by atoms with Crippen molar-refractivity contribution < 1.29 is 9.59 Å². The summed E-state index contributed by atoms with van der Waals surface area (Å²) in [6.07, 6.45) is 3.61. The molecule has 0 aromatic carbocycles. The monoisotopic (exact) mass is 311 g/mol. The largest absolute Gasteiger partial charge is 0.352 e. The fraction of sp³-hybridized carbons (Fsp3) is 0.615. The Morgan fingerprint density at radius 1 is 1.62 bits per heavy atom. The number of nitrogens with zero attached hydrogens (tertiary/aromatic N) is 1. The molecule has 1 aliphatic carbocycles. The number of nitrogens with two attached hydrogens (primary N) is 1. The van der Waals surface area contributed by atoms with Crippen molar-refractivity contribution in [1.82, 2.24) is 15.5 Å². The Bertz CT molecular complexity index is 518. The van der Waals surface area contributed by atoms with Gasteiger partial charge in [-0.3, -0.25) is 9.89 Å². The molecule has 1 aromatic heterocycles. The summed E-state index contributed by atoms with van der Waals surface area (Å²) < 4.78 is 0. The van der Waals surface area contributed by atoms with E-state index in [0.717, 1.165) is 17.9 Å². The summed E-state index contributed by atoms with van der Waals surface area (Å²) in [6.45, 7) is 2.18. The van der Waals surface area contributed by atoms with Crippen molar-refractivity contribution in [2.75, 3.05) is 17.3 Å². The third-order valence-corrected chi connectivity index (χ3v) is 4.25. The number of urea groups is 1. The molecule has 0 bridgehead atoms. The highest BCUT2D eigenvalue weighted by Crippen LogP contribution is 2.46. The van der Waals surface area contributed by atoms with Crippen molar-refractivity contribution in [2.45, 2.75) is 31.7 Å². The first-order valence-corrected chi connectivity index (χ1v) is 8.31. The molecule has 3 atom stereocenters. The van der Waals surface area contributed by atoms with E-state index in [1.165, 1.54) is 0 Å². The van der Waals surface area contributed by atoms with Crippen LogP contribution >= 0.6 is 11.8 Å². The lowest BCUT2D eigenvalue weighted by atomic mass is 10.2. The molecule has 0 spiro atoms. The molecule has 1 saturated carbocycles. The Hall–Kier alpha value is -1.70. The van der Waals surface area contributed by atoms with Gasteiger partial charge >= 0.3 is 6.03 Å². The number of aromatic amines is 1. The highest BCUT2D eigenvalue weighted by atomic mass is 32.2. The zero-order chi connectivity index (χ0) is 15.4. The van der Waals surface area contributed by atoms with Crippen LogP contribution < -0.4 is 16.4 Å². The van der Waals surface area contributed by atoms with Crippen molar-refractivity contribution >= 4 is 29.5 Å². The molecule has 2 rings (SSSR count). The molecule has 116 valence electrons. The van der Waals surface area contributed by atoms with Gasteiger partial charge in [0, 0.05) is 17.7 Å². The Morgan fingerprint density at radius 2 is 2.33 bits per heavy atom. The van der Waals surface area contributed by atoms with Gasteiger partial charge in [-0.05, 0) is 30.8 Å². The van der Waals surface area contributed by atoms with Crippen LogP contribution in [0, 0.1) is 5.92 Å².